The van der Waals surface area contributed by atoms with Gasteiger partial charge in [0, 0.05) is 35.4 Å². The number of fused-ring (bicyclic) bond motifs is 1. The Labute approximate surface area is 131 Å². The normalized spacial score (nSPS) is 27.5. The Morgan fingerprint density at radius 3 is 3.00 bits per heavy atom. The maximum Gasteiger partial charge on any atom is 0.123 e. The summed E-state index contributed by atoms with van der Waals surface area (Å²) >= 11 is 1.99. The highest BCUT2D eigenvalue weighted by Crippen LogP contribution is 2.35. The van der Waals surface area contributed by atoms with Crippen molar-refractivity contribution in [3.05, 3.63) is 23.3 Å². The number of rotatable bonds is 5. The van der Waals surface area contributed by atoms with Crippen LogP contribution in [0.15, 0.2) is 12.1 Å². The molecule has 1 N–H and O–H groups in total. The van der Waals surface area contributed by atoms with Crippen LogP contribution in [0.4, 0.5) is 0 Å². The molecule has 2 aliphatic rings. The maximum absolute atomic E-state index is 5.87. The molecule has 3 unspecified atom stereocenters. The first kappa shape index (κ1) is 15.0. The third-order valence-electron chi connectivity index (χ3n) is 4.61. The van der Waals surface area contributed by atoms with Crippen molar-refractivity contribution in [2.75, 3.05) is 13.4 Å². The Balaban J connectivity index is 1.71. The minimum atomic E-state index is 0.281. The average molecular weight is 307 g/mol. The number of hydrogen-bond acceptors (Lipinski definition) is 4. The molecule has 0 radical (unpaired) electrons. The summed E-state index contributed by atoms with van der Waals surface area (Å²) in [6.45, 7) is 2.97. The van der Waals surface area contributed by atoms with E-state index in [0.717, 1.165) is 29.7 Å². The molecule has 21 heavy (non-hydrogen) atoms. The highest BCUT2D eigenvalue weighted by atomic mass is 32.2. The zero-order valence-corrected chi connectivity index (χ0v) is 14.0. The van der Waals surface area contributed by atoms with Crippen LogP contribution in [-0.4, -0.2) is 30.8 Å². The molecule has 4 heteroatoms. The van der Waals surface area contributed by atoms with Crippen molar-refractivity contribution in [2.45, 2.75) is 56.5 Å². The number of methoxy groups -OCH3 is 1. The molecule has 0 amide bonds. The molecule has 1 fully saturated rings. The molecule has 1 saturated carbocycles. The van der Waals surface area contributed by atoms with Crippen molar-refractivity contribution in [3.63, 3.8) is 0 Å². The first-order valence-corrected chi connectivity index (χ1v) is 9.12. The molecule has 3 atom stereocenters. The Bertz CT molecular complexity index is 506. The number of nitrogens with one attached hydrogen (secondary N) is 1. The predicted octanol–water partition coefficient (Wildman–Crippen LogP) is 3.39. The van der Waals surface area contributed by atoms with Crippen LogP contribution in [0.2, 0.25) is 0 Å². The lowest BCUT2D eigenvalue weighted by Gasteiger charge is -2.20. The fourth-order valence-corrected chi connectivity index (χ4v) is 4.46. The maximum atomic E-state index is 5.87. The van der Waals surface area contributed by atoms with Crippen LogP contribution >= 0.6 is 11.8 Å². The highest BCUT2D eigenvalue weighted by molar-refractivity contribution is 7.99. The molecule has 1 aromatic rings. The van der Waals surface area contributed by atoms with Gasteiger partial charge < -0.3 is 14.8 Å². The molecule has 0 bridgehead atoms. The van der Waals surface area contributed by atoms with Crippen molar-refractivity contribution in [2.24, 2.45) is 0 Å². The standard InChI is InChI=1S/C17H25NO2S/c1-11-7-12-8-15(19-2)13(9-16(12)20-11)10-18-14-5-4-6-17(14)21-3/h8-9,11,14,17-18H,4-7,10H2,1-3H3. The van der Waals surface area contributed by atoms with Gasteiger partial charge in [-0.3, -0.25) is 0 Å². The van der Waals surface area contributed by atoms with Gasteiger partial charge in [-0.2, -0.15) is 11.8 Å². The summed E-state index contributed by atoms with van der Waals surface area (Å²) in [4.78, 5) is 0. The Morgan fingerprint density at radius 1 is 1.38 bits per heavy atom. The van der Waals surface area contributed by atoms with Crippen molar-refractivity contribution < 1.29 is 9.47 Å². The minimum Gasteiger partial charge on any atom is -0.496 e. The van der Waals surface area contributed by atoms with E-state index in [9.17, 15) is 0 Å². The van der Waals surface area contributed by atoms with Gasteiger partial charge >= 0.3 is 0 Å². The molecule has 3 rings (SSSR count). The van der Waals surface area contributed by atoms with Gasteiger partial charge in [0.05, 0.1) is 7.11 Å². The van der Waals surface area contributed by atoms with E-state index in [1.165, 1.54) is 30.4 Å². The fourth-order valence-electron chi connectivity index (χ4n) is 3.49. The summed E-state index contributed by atoms with van der Waals surface area (Å²) in [5.41, 5.74) is 2.48. The molecule has 0 saturated heterocycles. The van der Waals surface area contributed by atoms with Gasteiger partial charge in [-0.1, -0.05) is 6.42 Å². The average Bonchev–Trinajstić information content (AvgIpc) is 3.08. The second kappa shape index (κ2) is 6.49. The van der Waals surface area contributed by atoms with Crippen molar-refractivity contribution in [1.29, 1.82) is 0 Å². The molecule has 1 aliphatic carbocycles. The monoisotopic (exact) mass is 307 g/mol. The van der Waals surface area contributed by atoms with Crippen LogP contribution in [0, 0.1) is 0 Å². The van der Waals surface area contributed by atoms with Gasteiger partial charge in [0.1, 0.15) is 17.6 Å². The topological polar surface area (TPSA) is 30.5 Å². The van der Waals surface area contributed by atoms with E-state index in [4.69, 9.17) is 9.47 Å². The second-order valence-corrected chi connectivity index (χ2v) is 7.17. The van der Waals surface area contributed by atoms with Crippen LogP contribution in [-0.2, 0) is 13.0 Å². The summed E-state index contributed by atoms with van der Waals surface area (Å²) < 4.78 is 11.4. The summed E-state index contributed by atoms with van der Waals surface area (Å²) in [6, 6.07) is 4.93. The first-order valence-electron chi connectivity index (χ1n) is 7.84. The van der Waals surface area contributed by atoms with Crippen LogP contribution in [0.1, 0.15) is 37.3 Å². The zero-order chi connectivity index (χ0) is 14.8. The van der Waals surface area contributed by atoms with E-state index < -0.39 is 0 Å². The third kappa shape index (κ3) is 3.16. The van der Waals surface area contributed by atoms with E-state index in [1.54, 1.807) is 7.11 Å². The van der Waals surface area contributed by atoms with Gasteiger partial charge in [-0.25, -0.2) is 0 Å². The summed E-state index contributed by atoms with van der Waals surface area (Å²) in [5, 5.41) is 4.47. The van der Waals surface area contributed by atoms with E-state index >= 15 is 0 Å². The second-order valence-electron chi connectivity index (χ2n) is 6.10. The third-order valence-corrected chi connectivity index (χ3v) is 5.78. The van der Waals surface area contributed by atoms with Crippen LogP contribution in [0.25, 0.3) is 0 Å². The van der Waals surface area contributed by atoms with E-state index in [0.29, 0.717) is 6.04 Å². The molecule has 116 valence electrons. The van der Waals surface area contributed by atoms with Crippen molar-refractivity contribution in [1.82, 2.24) is 5.32 Å². The van der Waals surface area contributed by atoms with Crippen LogP contribution in [0.5, 0.6) is 11.5 Å². The van der Waals surface area contributed by atoms with E-state index in [1.807, 2.05) is 11.8 Å². The van der Waals surface area contributed by atoms with Gasteiger partial charge in [0.2, 0.25) is 0 Å². The van der Waals surface area contributed by atoms with Crippen molar-refractivity contribution in [3.8, 4) is 11.5 Å². The quantitative estimate of drug-likeness (QED) is 0.903. The Hall–Kier alpha value is -0.870. The molecule has 1 heterocycles. The lowest BCUT2D eigenvalue weighted by Crippen LogP contribution is -2.33. The van der Waals surface area contributed by atoms with Crippen molar-refractivity contribution >= 4 is 11.8 Å². The summed E-state index contributed by atoms with van der Waals surface area (Å²) in [6.07, 6.45) is 7.44. The molecule has 0 spiro atoms. The summed E-state index contributed by atoms with van der Waals surface area (Å²) in [7, 11) is 1.75. The Morgan fingerprint density at radius 2 is 2.24 bits per heavy atom. The predicted molar refractivity (Wildman–Crippen MR) is 88.6 cm³/mol. The smallest absolute Gasteiger partial charge is 0.123 e. The number of ether oxygens (including phenoxy) is 2. The van der Waals surface area contributed by atoms with Crippen LogP contribution < -0.4 is 14.8 Å². The Kier molecular flexibility index (Phi) is 4.65. The van der Waals surface area contributed by atoms with Crippen LogP contribution in [0.3, 0.4) is 0 Å². The molecule has 3 nitrogen and oxygen atoms in total. The molecular weight excluding hydrogens is 282 g/mol. The molecule has 1 aromatic carbocycles. The molecule has 0 aromatic heterocycles. The van der Waals surface area contributed by atoms with Gasteiger partial charge in [0.25, 0.3) is 0 Å². The number of thioether (sulfide) groups is 1. The molecular formula is C17H25NO2S. The van der Waals surface area contributed by atoms with Gasteiger partial charge in [-0.15, -0.1) is 0 Å². The highest BCUT2D eigenvalue weighted by Gasteiger charge is 2.27. The fraction of sp³-hybridized carbons (Fsp3) is 0.647. The zero-order valence-electron chi connectivity index (χ0n) is 13.1. The number of hydrogen-bond donors (Lipinski definition) is 1. The lowest BCUT2D eigenvalue weighted by atomic mass is 10.1. The van der Waals surface area contributed by atoms with E-state index in [-0.39, 0.29) is 6.10 Å². The SMILES string of the molecule is COc1cc2c(cc1CNC1CCCC1SC)OC(C)C2. The number of benzene rings is 1. The van der Waals surface area contributed by atoms with Gasteiger partial charge in [-0.05, 0) is 38.2 Å². The minimum absolute atomic E-state index is 0.281. The largest absolute Gasteiger partial charge is 0.496 e. The summed E-state index contributed by atoms with van der Waals surface area (Å²) in [5.74, 6) is 2.02. The van der Waals surface area contributed by atoms with E-state index in [2.05, 4.69) is 30.6 Å². The first-order chi connectivity index (χ1) is 10.2. The molecule has 1 aliphatic heterocycles. The lowest BCUT2D eigenvalue weighted by molar-refractivity contribution is 0.254. The van der Waals surface area contributed by atoms with Gasteiger partial charge in [0.15, 0.2) is 0 Å².